The molecule has 0 spiro atoms. The molecule has 0 heterocycles. The molecular weight excluding hydrogens is 253 g/mol. The van der Waals surface area contributed by atoms with Gasteiger partial charge in [0.05, 0.1) is 0 Å². The van der Waals surface area contributed by atoms with Crippen molar-refractivity contribution in [3.63, 3.8) is 0 Å². The van der Waals surface area contributed by atoms with Crippen LogP contribution in [-0.4, -0.2) is 6.36 Å². The summed E-state index contributed by atoms with van der Waals surface area (Å²) in [6.45, 7) is 2.01. The van der Waals surface area contributed by atoms with Gasteiger partial charge in [-0.15, -0.1) is 13.2 Å². The van der Waals surface area contributed by atoms with Crippen LogP contribution in [0.3, 0.4) is 0 Å². The third kappa shape index (κ3) is 3.50. The van der Waals surface area contributed by atoms with Gasteiger partial charge in [0.25, 0.3) is 0 Å². The van der Waals surface area contributed by atoms with Gasteiger partial charge < -0.3 is 4.74 Å². The number of ether oxygens (including phenoxy) is 1. The van der Waals surface area contributed by atoms with Gasteiger partial charge in [-0.05, 0) is 35.2 Å². The van der Waals surface area contributed by atoms with Crippen LogP contribution >= 0.6 is 0 Å². The Morgan fingerprint density at radius 3 is 2.42 bits per heavy atom. The Bertz CT molecular complexity index is 561. The molecule has 0 amide bonds. The van der Waals surface area contributed by atoms with Gasteiger partial charge in [-0.3, -0.25) is 0 Å². The third-order valence-corrected chi connectivity index (χ3v) is 2.78. The highest BCUT2D eigenvalue weighted by molar-refractivity contribution is 5.68. The van der Waals surface area contributed by atoms with Crippen LogP contribution in [0, 0.1) is 0 Å². The van der Waals surface area contributed by atoms with Gasteiger partial charge in [-0.2, -0.15) is 0 Å². The zero-order valence-electron chi connectivity index (χ0n) is 10.4. The van der Waals surface area contributed by atoms with Crippen molar-refractivity contribution in [1.29, 1.82) is 0 Å². The van der Waals surface area contributed by atoms with Crippen molar-refractivity contribution in [2.24, 2.45) is 0 Å². The zero-order valence-corrected chi connectivity index (χ0v) is 10.4. The van der Waals surface area contributed by atoms with Crippen LogP contribution in [-0.2, 0) is 6.42 Å². The Kier molecular flexibility index (Phi) is 3.79. The first-order valence-electron chi connectivity index (χ1n) is 5.93. The summed E-state index contributed by atoms with van der Waals surface area (Å²) in [6.07, 6.45) is -3.84. The average Bonchev–Trinajstić information content (AvgIpc) is 2.37. The van der Waals surface area contributed by atoms with E-state index in [0.29, 0.717) is 0 Å². The number of aryl methyl sites for hydroxylation is 1. The molecule has 0 aliphatic carbocycles. The van der Waals surface area contributed by atoms with E-state index in [1.54, 1.807) is 12.1 Å². The van der Waals surface area contributed by atoms with Gasteiger partial charge >= 0.3 is 6.36 Å². The summed E-state index contributed by atoms with van der Waals surface area (Å²) < 4.78 is 40.5. The first kappa shape index (κ1) is 13.5. The minimum atomic E-state index is -4.66. The molecule has 0 unspecified atom stereocenters. The summed E-state index contributed by atoms with van der Waals surface area (Å²) in [4.78, 5) is 0. The molecule has 2 rings (SSSR count). The molecule has 0 aromatic heterocycles. The molecule has 0 fully saturated rings. The predicted octanol–water partition coefficient (Wildman–Crippen LogP) is 4.81. The lowest BCUT2D eigenvalue weighted by Crippen LogP contribution is -2.17. The molecule has 4 heteroatoms. The van der Waals surface area contributed by atoms with Crippen molar-refractivity contribution >= 4 is 0 Å². The molecule has 0 atom stereocenters. The quantitative estimate of drug-likeness (QED) is 0.774. The second-order valence-corrected chi connectivity index (χ2v) is 4.09. The fourth-order valence-corrected chi connectivity index (χ4v) is 1.97. The fraction of sp³-hybridized carbons (Fsp3) is 0.200. The lowest BCUT2D eigenvalue weighted by Gasteiger charge is -2.12. The molecule has 0 saturated carbocycles. The monoisotopic (exact) mass is 266 g/mol. The fourth-order valence-electron chi connectivity index (χ4n) is 1.97. The largest absolute Gasteiger partial charge is 0.573 e. The Balaban J connectivity index is 2.38. The van der Waals surface area contributed by atoms with Gasteiger partial charge in [0.15, 0.2) is 0 Å². The van der Waals surface area contributed by atoms with Gasteiger partial charge in [-0.25, -0.2) is 0 Å². The summed E-state index contributed by atoms with van der Waals surface area (Å²) >= 11 is 0. The van der Waals surface area contributed by atoms with Gasteiger partial charge in [0.2, 0.25) is 0 Å². The summed E-state index contributed by atoms with van der Waals surface area (Å²) in [5.41, 5.74) is 2.74. The number of hydrogen-bond acceptors (Lipinski definition) is 1. The summed E-state index contributed by atoms with van der Waals surface area (Å²) in [7, 11) is 0. The lowest BCUT2D eigenvalue weighted by atomic mass is 9.98. The van der Waals surface area contributed by atoms with Crippen molar-refractivity contribution in [2.75, 3.05) is 0 Å². The standard InChI is InChI=1S/C15H13F3O/c1-2-11-6-3-4-9-14(11)12-7-5-8-13(10-12)19-15(16,17)18/h3-10H,2H2,1H3. The van der Waals surface area contributed by atoms with Crippen molar-refractivity contribution in [2.45, 2.75) is 19.7 Å². The van der Waals surface area contributed by atoms with Crippen molar-refractivity contribution in [1.82, 2.24) is 0 Å². The Morgan fingerprint density at radius 2 is 1.74 bits per heavy atom. The van der Waals surface area contributed by atoms with E-state index in [1.165, 1.54) is 12.1 Å². The van der Waals surface area contributed by atoms with Gasteiger partial charge in [0.1, 0.15) is 5.75 Å². The van der Waals surface area contributed by atoms with E-state index >= 15 is 0 Å². The first-order valence-corrected chi connectivity index (χ1v) is 5.93. The molecular formula is C15H13F3O. The van der Waals surface area contributed by atoms with E-state index in [1.807, 2.05) is 31.2 Å². The van der Waals surface area contributed by atoms with Gasteiger partial charge in [0, 0.05) is 0 Å². The van der Waals surface area contributed by atoms with E-state index in [2.05, 4.69) is 4.74 Å². The second kappa shape index (κ2) is 5.34. The molecule has 2 aromatic carbocycles. The molecule has 0 aliphatic heterocycles. The minimum Gasteiger partial charge on any atom is -0.406 e. The van der Waals surface area contributed by atoms with E-state index in [9.17, 15) is 13.2 Å². The van der Waals surface area contributed by atoms with Crippen LogP contribution in [0.1, 0.15) is 12.5 Å². The zero-order chi connectivity index (χ0) is 13.9. The van der Waals surface area contributed by atoms with Crippen LogP contribution < -0.4 is 4.74 Å². The maximum atomic E-state index is 12.2. The Hall–Kier alpha value is -1.97. The number of hydrogen-bond donors (Lipinski definition) is 0. The Morgan fingerprint density at radius 1 is 1.00 bits per heavy atom. The van der Waals surface area contributed by atoms with Crippen LogP contribution in [0.5, 0.6) is 5.75 Å². The lowest BCUT2D eigenvalue weighted by molar-refractivity contribution is -0.274. The molecule has 0 bridgehead atoms. The average molecular weight is 266 g/mol. The predicted molar refractivity (Wildman–Crippen MR) is 67.9 cm³/mol. The normalized spacial score (nSPS) is 11.4. The number of benzene rings is 2. The highest BCUT2D eigenvalue weighted by Gasteiger charge is 2.31. The van der Waals surface area contributed by atoms with Crippen LogP contribution in [0.25, 0.3) is 11.1 Å². The number of alkyl halides is 3. The summed E-state index contributed by atoms with van der Waals surface area (Å²) in [5.74, 6) is -0.198. The van der Waals surface area contributed by atoms with Crippen LogP contribution in [0.15, 0.2) is 48.5 Å². The van der Waals surface area contributed by atoms with E-state index in [0.717, 1.165) is 23.1 Å². The SMILES string of the molecule is CCc1ccccc1-c1cccc(OC(F)(F)F)c1. The van der Waals surface area contributed by atoms with E-state index < -0.39 is 6.36 Å². The summed E-state index contributed by atoms with van der Waals surface area (Å²) in [5, 5.41) is 0. The highest BCUT2D eigenvalue weighted by atomic mass is 19.4. The maximum Gasteiger partial charge on any atom is 0.573 e. The van der Waals surface area contributed by atoms with Crippen molar-refractivity contribution in [3.05, 3.63) is 54.1 Å². The molecule has 0 N–H and O–H groups in total. The molecule has 0 aliphatic rings. The Labute approximate surface area is 109 Å². The van der Waals surface area contributed by atoms with Crippen LogP contribution in [0.4, 0.5) is 13.2 Å². The smallest absolute Gasteiger partial charge is 0.406 e. The maximum absolute atomic E-state index is 12.2. The topological polar surface area (TPSA) is 9.23 Å². The van der Waals surface area contributed by atoms with E-state index in [4.69, 9.17) is 0 Å². The van der Waals surface area contributed by atoms with Crippen molar-refractivity contribution in [3.8, 4) is 16.9 Å². The molecule has 1 nitrogen and oxygen atoms in total. The third-order valence-electron chi connectivity index (χ3n) is 2.78. The van der Waals surface area contributed by atoms with E-state index in [-0.39, 0.29) is 5.75 Å². The van der Waals surface area contributed by atoms with Crippen LogP contribution in [0.2, 0.25) is 0 Å². The number of halogens is 3. The second-order valence-electron chi connectivity index (χ2n) is 4.09. The summed E-state index contributed by atoms with van der Waals surface area (Å²) in [6, 6.07) is 13.7. The minimum absolute atomic E-state index is 0.198. The number of rotatable bonds is 3. The van der Waals surface area contributed by atoms with Gasteiger partial charge in [-0.1, -0.05) is 43.3 Å². The molecule has 2 aromatic rings. The van der Waals surface area contributed by atoms with Crippen molar-refractivity contribution < 1.29 is 17.9 Å². The molecule has 0 radical (unpaired) electrons. The first-order chi connectivity index (χ1) is 8.99. The highest BCUT2D eigenvalue weighted by Crippen LogP contribution is 2.29. The molecule has 0 saturated heterocycles. The molecule has 19 heavy (non-hydrogen) atoms. The molecule has 100 valence electrons.